The largest absolute Gasteiger partial charge is 0.207 e. The van der Waals surface area contributed by atoms with Gasteiger partial charge >= 0.3 is 0 Å². The first-order chi connectivity index (χ1) is 10.3. The van der Waals surface area contributed by atoms with Crippen LogP contribution in [0.15, 0.2) is 29.6 Å². The number of hydrogen-bond acceptors (Lipinski definition) is 4. The zero-order valence-electron chi connectivity index (χ0n) is 12.9. The van der Waals surface area contributed by atoms with Gasteiger partial charge in [0.2, 0.25) is 0 Å². The molecule has 0 aliphatic rings. The summed E-state index contributed by atoms with van der Waals surface area (Å²) in [4.78, 5) is 0. The summed E-state index contributed by atoms with van der Waals surface area (Å²) in [5, 5.41) is 1.08. The third-order valence-electron chi connectivity index (χ3n) is 3.41. The lowest BCUT2D eigenvalue weighted by atomic mass is 10.1. The van der Waals surface area contributed by atoms with E-state index in [2.05, 4.69) is 38.6 Å². The maximum atomic E-state index is 4.46. The van der Waals surface area contributed by atoms with Crippen molar-refractivity contribution in [1.29, 1.82) is 0 Å². The molecule has 0 radical (unpaired) electrons. The van der Waals surface area contributed by atoms with Gasteiger partial charge in [0.25, 0.3) is 0 Å². The molecule has 114 valence electrons. The lowest BCUT2D eigenvalue weighted by Crippen LogP contribution is -2.26. The molecular formula is C16H24N3S2+. The molecule has 0 spiro atoms. The first-order valence-corrected chi connectivity index (χ1v) is 9.44. The highest BCUT2D eigenvalue weighted by Crippen LogP contribution is 2.29. The van der Waals surface area contributed by atoms with Gasteiger partial charge in [-0.15, -0.1) is 11.8 Å². The second-order valence-corrected chi connectivity index (χ2v) is 6.90. The number of rotatable bonds is 9. The predicted molar refractivity (Wildman–Crippen MR) is 90.6 cm³/mol. The van der Waals surface area contributed by atoms with Crippen LogP contribution in [0.25, 0.3) is 11.3 Å². The Morgan fingerprint density at radius 3 is 2.76 bits per heavy atom. The fourth-order valence-electron chi connectivity index (χ4n) is 2.23. The highest BCUT2D eigenvalue weighted by atomic mass is 32.2. The average Bonchev–Trinajstić information content (AvgIpc) is 2.95. The zero-order valence-corrected chi connectivity index (χ0v) is 14.6. The van der Waals surface area contributed by atoms with E-state index in [-0.39, 0.29) is 0 Å². The normalized spacial score (nSPS) is 11.0. The molecule has 2 aromatic rings. The molecule has 3 nitrogen and oxygen atoms in total. The quantitative estimate of drug-likeness (QED) is 0.387. The third kappa shape index (κ3) is 5.40. The number of unbranched alkanes of at least 4 members (excludes halogenated alkanes) is 5. The Hall–Kier alpha value is -0.940. The lowest BCUT2D eigenvalue weighted by Gasteiger charge is -2.01. The summed E-state index contributed by atoms with van der Waals surface area (Å²) in [5.41, 5.74) is 2.19. The minimum absolute atomic E-state index is 1.03. The van der Waals surface area contributed by atoms with E-state index < -0.39 is 0 Å². The van der Waals surface area contributed by atoms with Crippen LogP contribution >= 0.6 is 23.5 Å². The predicted octanol–water partition coefficient (Wildman–Crippen LogP) is 4.48. The second-order valence-electron chi connectivity index (χ2n) is 5.29. The van der Waals surface area contributed by atoms with Crippen LogP contribution in [-0.2, 0) is 7.05 Å². The number of hydrogen-bond donors (Lipinski definition) is 0. The summed E-state index contributed by atoms with van der Waals surface area (Å²) in [6.45, 7) is 2.26. The Bertz CT molecular complexity index is 540. The highest BCUT2D eigenvalue weighted by Gasteiger charge is 2.13. The van der Waals surface area contributed by atoms with Gasteiger partial charge in [0.05, 0.1) is 17.3 Å². The second kappa shape index (κ2) is 9.15. The summed E-state index contributed by atoms with van der Waals surface area (Å²) in [6.07, 6.45) is 12.2. The fourth-order valence-corrected chi connectivity index (χ4v) is 3.92. The van der Waals surface area contributed by atoms with E-state index in [1.54, 1.807) is 0 Å². The van der Waals surface area contributed by atoms with Crippen LogP contribution in [0.1, 0.15) is 45.4 Å². The minimum Gasteiger partial charge on any atom is -0.207 e. The Morgan fingerprint density at radius 2 is 1.95 bits per heavy atom. The van der Waals surface area contributed by atoms with Crippen molar-refractivity contribution in [2.75, 3.05) is 5.75 Å². The SMILES string of the molecule is CCCCCCCCSc1nsnc1-c1ccc[n+](C)c1. The molecule has 0 atom stereocenters. The van der Waals surface area contributed by atoms with Crippen molar-refractivity contribution >= 4 is 23.5 Å². The standard InChI is InChI=1S/C16H24N3S2/c1-3-4-5-6-7-8-12-20-16-15(17-21-18-16)14-10-9-11-19(2)13-14/h9-11,13H,3-8,12H2,1-2H3/q+1. The topological polar surface area (TPSA) is 29.7 Å². The Morgan fingerprint density at radius 1 is 1.14 bits per heavy atom. The first-order valence-electron chi connectivity index (χ1n) is 7.72. The molecule has 0 bridgehead atoms. The molecule has 0 saturated carbocycles. The molecule has 0 N–H and O–H groups in total. The van der Waals surface area contributed by atoms with Gasteiger partial charge in [-0.1, -0.05) is 39.0 Å². The van der Waals surface area contributed by atoms with Gasteiger partial charge in [-0.25, -0.2) is 4.57 Å². The number of aryl methyl sites for hydroxylation is 1. The molecule has 0 amide bonds. The van der Waals surface area contributed by atoms with Crippen LogP contribution in [0.4, 0.5) is 0 Å². The molecular weight excluding hydrogens is 298 g/mol. The molecule has 0 aromatic carbocycles. The molecule has 2 aromatic heterocycles. The van der Waals surface area contributed by atoms with Crippen LogP contribution in [0.2, 0.25) is 0 Å². The van der Waals surface area contributed by atoms with Crippen molar-refractivity contribution in [1.82, 2.24) is 8.75 Å². The van der Waals surface area contributed by atoms with Gasteiger partial charge in [0.1, 0.15) is 17.8 Å². The molecule has 0 aliphatic carbocycles. The van der Waals surface area contributed by atoms with Crippen LogP contribution in [0.5, 0.6) is 0 Å². The van der Waals surface area contributed by atoms with E-state index in [1.807, 2.05) is 25.0 Å². The average molecular weight is 323 g/mol. The summed E-state index contributed by atoms with van der Waals surface area (Å²) in [7, 11) is 2.03. The van der Waals surface area contributed by atoms with E-state index in [0.717, 1.165) is 22.0 Å². The monoisotopic (exact) mass is 322 g/mol. The van der Waals surface area contributed by atoms with Crippen molar-refractivity contribution < 1.29 is 4.57 Å². The summed E-state index contributed by atoms with van der Waals surface area (Å²) >= 11 is 3.16. The van der Waals surface area contributed by atoms with Crippen molar-refractivity contribution in [2.24, 2.45) is 7.05 Å². The Labute approximate surface area is 136 Å². The van der Waals surface area contributed by atoms with Gasteiger partial charge in [-0.2, -0.15) is 8.75 Å². The van der Waals surface area contributed by atoms with Crippen LogP contribution in [-0.4, -0.2) is 14.5 Å². The minimum atomic E-state index is 1.03. The summed E-state index contributed by atoms with van der Waals surface area (Å²) in [5.74, 6) is 1.14. The van der Waals surface area contributed by atoms with E-state index in [9.17, 15) is 0 Å². The van der Waals surface area contributed by atoms with E-state index in [4.69, 9.17) is 0 Å². The van der Waals surface area contributed by atoms with Gasteiger partial charge in [0, 0.05) is 6.07 Å². The Kier molecular flexibility index (Phi) is 7.16. The van der Waals surface area contributed by atoms with Gasteiger partial charge in [-0.3, -0.25) is 0 Å². The van der Waals surface area contributed by atoms with Gasteiger partial charge < -0.3 is 0 Å². The smallest absolute Gasteiger partial charge is 0.178 e. The van der Waals surface area contributed by atoms with Crippen molar-refractivity contribution in [2.45, 2.75) is 50.5 Å². The van der Waals surface area contributed by atoms with Gasteiger partial charge in [-0.05, 0) is 18.2 Å². The van der Waals surface area contributed by atoms with E-state index >= 15 is 0 Å². The first kappa shape index (κ1) is 16.4. The van der Waals surface area contributed by atoms with Crippen LogP contribution < -0.4 is 4.57 Å². The number of aromatic nitrogens is 3. The molecule has 5 heteroatoms. The van der Waals surface area contributed by atoms with E-state index in [0.29, 0.717) is 0 Å². The van der Waals surface area contributed by atoms with Crippen molar-refractivity contribution in [3.8, 4) is 11.3 Å². The fraction of sp³-hybridized carbons (Fsp3) is 0.562. The van der Waals surface area contributed by atoms with Crippen molar-refractivity contribution in [3.63, 3.8) is 0 Å². The zero-order chi connectivity index (χ0) is 14.9. The summed E-state index contributed by atoms with van der Waals surface area (Å²) in [6, 6.07) is 4.16. The maximum Gasteiger partial charge on any atom is 0.178 e. The lowest BCUT2D eigenvalue weighted by molar-refractivity contribution is -0.671. The molecule has 0 unspecified atom stereocenters. The molecule has 0 aliphatic heterocycles. The number of thioether (sulfide) groups is 1. The molecule has 21 heavy (non-hydrogen) atoms. The number of pyridine rings is 1. The number of nitrogens with zero attached hydrogens (tertiary/aromatic N) is 3. The van der Waals surface area contributed by atoms with E-state index in [1.165, 1.54) is 50.3 Å². The molecule has 0 fully saturated rings. The molecule has 2 heterocycles. The maximum absolute atomic E-state index is 4.46. The third-order valence-corrected chi connectivity index (χ3v) is 5.10. The van der Waals surface area contributed by atoms with Gasteiger partial charge in [0.15, 0.2) is 12.4 Å². The molecule has 0 saturated heterocycles. The highest BCUT2D eigenvalue weighted by molar-refractivity contribution is 7.99. The van der Waals surface area contributed by atoms with Crippen LogP contribution in [0.3, 0.4) is 0 Å². The summed E-state index contributed by atoms with van der Waals surface area (Å²) < 4.78 is 11.0. The van der Waals surface area contributed by atoms with Crippen molar-refractivity contribution in [3.05, 3.63) is 24.5 Å². The Balaban J connectivity index is 1.81. The molecule has 2 rings (SSSR count). The van der Waals surface area contributed by atoms with Crippen LogP contribution in [0, 0.1) is 0 Å².